The second-order valence-electron chi connectivity index (χ2n) is 4.75. The fraction of sp³-hybridized carbons (Fsp3) is 0.250. The predicted octanol–water partition coefficient (Wildman–Crippen LogP) is 7.38. The third kappa shape index (κ3) is 3.23. The largest absolute Gasteiger partial charge is 0.143 e. The summed E-state index contributed by atoms with van der Waals surface area (Å²) in [5.74, 6) is 0. The van der Waals surface area contributed by atoms with E-state index in [1.165, 1.54) is 42.6 Å². The Morgan fingerprint density at radius 3 is 1.60 bits per heavy atom. The van der Waals surface area contributed by atoms with E-state index in [-0.39, 0.29) is 0 Å². The Kier molecular flexibility index (Phi) is 5.39. The summed E-state index contributed by atoms with van der Waals surface area (Å²) in [7, 11) is 0. The molecule has 0 aromatic carbocycles. The van der Waals surface area contributed by atoms with E-state index in [2.05, 4.69) is 80.2 Å². The van der Waals surface area contributed by atoms with Crippen molar-refractivity contribution in [2.24, 2.45) is 0 Å². The molecule has 3 rings (SSSR count). The van der Waals surface area contributed by atoms with Gasteiger partial charge in [-0.3, -0.25) is 0 Å². The predicted molar refractivity (Wildman–Crippen MR) is 109 cm³/mol. The molecule has 0 spiro atoms. The summed E-state index contributed by atoms with van der Waals surface area (Å²) in [6.07, 6.45) is 5.10. The molecule has 0 atom stereocenters. The number of hydrogen-bond acceptors (Lipinski definition) is 2. The molecule has 0 radical (unpaired) electrons. The van der Waals surface area contributed by atoms with E-state index >= 15 is 0 Å². The maximum absolute atomic E-state index is 2.55. The van der Waals surface area contributed by atoms with Gasteiger partial charge in [0.05, 0.1) is 0 Å². The van der Waals surface area contributed by atoms with Crippen molar-refractivity contribution in [1.82, 2.24) is 0 Å². The van der Waals surface area contributed by atoms with Gasteiger partial charge in [0, 0.05) is 16.9 Å². The van der Waals surface area contributed by atoms with E-state index < -0.39 is 0 Å². The van der Waals surface area contributed by atoms with Crippen LogP contribution < -0.4 is 0 Å². The smallest absolute Gasteiger partial charge is 0.0406 e. The van der Waals surface area contributed by atoms with Crippen LogP contribution in [0, 0.1) is 0 Å². The zero-order valence-electron chi connectivity index (χ0n) is 10.9. The maximum atomic E-state index is 2.55. The van der Waals surface area contributed by atoms with E-state index in [1.807, 2.05) is 22.7 Å². The zero-order valence-corrected chi connectivity index (χ0v) is 16.8. The average molecular weight is 524 g/mol. The van der Waals surface area contributed by atoms with Crippen molar-refractivity contribution < 1.29 is 0 Å². The van der Waals surface area contributed by atoms with Crippen molar-refractivity contribution in [2.45, 2.75) is 25.7 Å². The lowest BCUT2D eigenvalue weighted by Gasteiger charge is -2.21. The van der Waals surface area contributed by atoms with Crippen LogP contribution in [0.4, 0.5) is 0 Å². The van der Waals surface area contributed by atoms with Crippen LogP contribution >= 0.6 is 67.9 Å². The fourth-order valence-corrected chi connectivity index (χ4v) is 6.18. The van der Waals surface area contributed by atoms with Crippen LogP contribution in [0.1, 0.15) is 35.4 Å². The molecule has 0 aliphatic heterocycles. The molecule has 0 nitrogen and oxygen atoms in total. The Bertz CT molecular complexity index is 576. The van der Waals surface area contributed by atoms with E-state index in [0.717, 1.165) is 0 Å². The fourth-order valence-electron chi connectivity index (χ4n) is 2.49. The van der Waals surface area contributed by atoms with Gasteiger partial charge in [0.25, 0.3) is 0 Å². The Morgan fingerprint density at radius 2 is 1.25 bits per heavy atom. The molecule has 0 bridgehead atoms. The minimum Gasteiger partial charge on any atom is -0.143 e. The maximum Gasteiger partial charge on any atom is 0.0406 e. The first kappa shape index (κ1) is 15.2. The molecule has 1 aliphatic rings. The molecule has 0 saturated heterocycles. The molecule has 1 fully saturated rings. The van der Waals surface area contributed by atoms with E-state index in [9.17, 15) is 0 Å². The van der Waals surface area contributed by atoms with Crippen LogP contribution in [0.5, 0.6) is 0 Å². The Morgan fingerprint density at radius 1 is 0.800 bits per heavy atom. The van der Waals surface area contributed by atoms with Crippen molar-refractivity contribution in [3.8, 4) is 0 Å². The van der Waals surface area contributed by atoms with Crippen molar-refractivity contribution >= 4 is 75.0 Å². The van der Waals surface area contributed by atoms with Crippen molar-refractivity contribution in [1.29, 1.82) is 0 Å². The van der Waals surface area contributed by atoms with Crippen molar-refractivity contribution in [3.63, 3.8) is 0 Å². The lowest BCUT2D eigenvalue weighted by Crippen LogP contribution is -2.01. The molecule has 20 heavy (non-hydrogen) atoms. The highest BCUT2D eigenvalue weighted by Crippen LogP contribution is 2.44. The third-order valence-corrected chi connectivity index (χ3v) is 8.44. The number of hydrogen-bond donors (Lipinski definition) is 0. The number of thiophene rings is 2. The molecule has 0 unspecified atom stereocenters. The lowest BCUT2D eigenvalue weighted by molar-refractivity contribution is 0.685. The van der Waals surface area contributed by atoms with Gasteiger partial charge in [0.15, 0.2) is 0 Å². The van der Waals surface area contributed by atoms with Gasteiger partial charge in [-0.05, 0) is 105 Å². The van der Waals surface area contributed by atoms with Gasteiger partial charge in [-0.25, -0.2) is 0 Å². The number of halogens is 2. The first-order valence-electron chi connectivity index (χ1n) is 6.63. The van der Waals surface area contributed by atoms with Gasteiger partial charge < -0.3 is 0 Å². The highest BCUT2D eigenvalue weighted by atomic mass is 127. The van der Waals surface area contributed by atoms with E-state index in [4.69, 9.17) is 0 Å². The molecule has 2 aromatic heterocycles. The van der Waals surface area contributed by atoms with Gasteiger partial charge in [0.2, 0.25) is 0 Å². The summed E-state index contributed by atoms with van der Waals surface area (Å²) < 4.78 is 2.91. The summed E-state index contributed by atoms with van der Waals surface area (Å²) in [4.78, 5) is 2.82. The summed E-state index contributed by atoms with van der Waals surface area (Å²) in [6, 6.07) is 8.78. The lowest BCUT2D eigenvalue weighted by atomic mass is 9.88. The van der Waals surface area contributed by atoms with Crippen LogP contribution in [0.15, 0.2) is 46.2 Å². The molecule has 0 amide bonds. The quantitative estimate of drug-likeness (QED) is 0.360. The summed E-state index contributed by atoms with van der Waals surface area (Å²) in [6.45, 7) is 0. The third-order valence-electron chi connectivity index (χ3n) is 3.47. The molecule has 2 heterocycles. The van der Waals surface area contributed by atoms with Gasteiger partial charge in [-0.1, -0.05) is 12.1 Å². The standard InChI is InChI=1S/C16H14I2S2/c17-15(13-7-3-9-19-13)11-5-1-2-6-12(11)16(18)14-8-4-10-20-14/h3-4,7-10H,1-2,5-6H2/b15-11-,16-12-. The average Bonchev–Trinajstić information content (AvgIpc) is 3.18. The minimum absolute atomic E-state index is 1.23. The monoisotopic (exact) mass is 524 g/mol. The normalized spacial score (nSPS) is 20.9. The van der Waals surface area contributed by atoms with Crippen LogP contribution in [-0.4, -0.2) is 0 Å². The van der Waals surface area contributed by atoms with E-state index in [0.29, 0.717) is 0 Å². The van der Waals surface area contributed by atoms with Crippen LogP contribution in [0.25, 0.3) is 7.16 Å². The van der Waals surface area contributed by atoms with Crippen molar-refractivity contribution in [3.05, 3.63) is 55.9 Å². The molecular formula is C16H14I2S2. The first-order chi connectivity index (χ1) is 9.77. The van der Waals surface area contributed by atoms with Crippen LogP contribution in [-0.2, 0) is 0 Å². The molecular weight excluding hydrogens is 510 g/mol. The highest BCUT2D eigenvalue weighted by Gasteiger charge is 2.20. The van der Waals surface area contributed by atoms with Crippen LogP contribution in [0.3, 0.4) is 0 Å². The zero-order chi connectivity index (χ0) is 13.9. The number of allylic oxidation sites excluding steroid dienone is 2. The van der Waals surface area contributed by atoms with Gasteiger partial charge in [0.1, 0.15) is 0 Å². The Balaban J connectivity index is 2.08. The van der Waals surface area contributed by atoms with Gasteiger partial charge in [-0.15, -0.1) is 22.7 Å². The molecule has 4 heteroatoms. The second-order valence-corrected chi connectivity index (χ2v) is 8.80. The highest BCUT2D eigenvalue weighted by molar-refractivity contribution is 14.1. The summed E-state index contributed by atoms with van der Waals surface area (Å²) >= 11 is 8.79. The Labute approximate surface area is 155 Å². The molecule has 2 aromatic rings. The SMILES string of the molecule is I/C(=C1/CCCC/C1=C(/I)c1cccs1)c1cccs1. The molecule has 104 valence electrons. The van der Waals surface area contributed by atoms with Gasteiger partial charge in [-0.2, -0.15) is 0 Å². The molecule has 1 aliphatic carbocycles. The van der Waals surface area contributed by atoms with Crippen molar-refractivity contribution in [2.75, 3.05) is 0 Å². The van der Waals surface area contributed by atoms with Crippen LogP contribution in [0.2, 0.25) is 0 Å². The molecule has 0 N–H and O–H groups in total. The summed E-state index contributed by atoms with van der Waals surface area (Å²) in [5, 5.41) is 4.34. The first-order valence-corrected chi connectivity index (χ1v) is 10.5. The Hall–Kier alpha value is 0.340. The topological polar surface area (TPSA) is 0 Å². The number of rotatable bonds is 2. The van der Waals surface area contributed by atoms with Gasteiger partial charge >= 0.3 is 0 Å². The summed E-state index contributed by atoms with van der Waals surface area (Å²) in [5.41, 5.74) is 3.16. The minimum atomic E-state index is 1.23. The second kappa shape index (κ2) is 7.07. The van der Waals surface area contributed by atoms with E-state index in [1.54, 1.807) is 11.1 Å². The molecule has 1 saturated carbocycles.